The van der Waals surface area contributed by atoms with E-state index in [-0.39, 0.29) is 18.4 Å². The molecule has 5 aromatic rings. The highest BCUT2D eigenvalue weighted by atomic mass is 16.4. The fourth-order valence-corrected chi connectivity index (χ4v) is 5.86. The van der Waals surface area contributed by atoms with Gasteiger partial charge in [-0.2, -0.15) is 0 Å². The molecule has 0 N–H and O–H groups in total. The number of fused-ring (bicyclic) bond motifs is 1. The summed E-state index contributed by atoms with van der Waals surface area (Å²) in [7, 11) is 0. The Kier molecular flexibility index (Phi) is 8.96. The van der Waals surface area contributed by atoms with Crippen molar-refractivity contribution < 1.29 is 14.0 Å². The highest BCUT2D eigenvalue weighted by Crippen LogP contribution is 2.24. The molecule has 6 rings (SSSR count). The molecule has 0 fully saturated rings. The average Bonchev–Trinajstić information content (AvgIpc) is 3.41. The van der Waals surface area contributed by atoms with Crippen LogP contribution in [0, 0.1) is 13.8 Å². The lowest BCUT2D eigenvalue weighted by Crippen LogP contribution is -2.52. The van der Waals surface area contributed by atoms with Crippen molar-refractivity contribution in [2.75, 3.05) is 6.54 Å². The van der Waals surface area contributed by atoms with Crippen LogP contribution in [0.5, 0.6) is 0 Å². The Morgan fingerprint density at radius 1 is 0.889 bits per heavy atom. The zero-order valence-electron chi connectivity index (χ0n) is 25.6. The van der Waals surface area contributed by atoms with Gasteiger partial charge in [-0.25, -0.2) is 4.98 Å². The fourth-order valence-electron chi connectivity index (χ4n) is 5.86. The number of carbonyl (C=O) groups is 2. The smallest absolute Gasteiger partial charge is 0.247 e. The maximum atomic E-state index is 14.5. The van der Waals surface area contributed by atoms with Gasteiger partial charge >= 0.3 is 0 Å². The Morgan fingerprint density at radius 2 is 1.62 bits per heavy atom. The van der Waals surface area contributed by atoms with Crippen LogP contribution in [0.15, 0.2) is 114 Å². The molecule has 2 amide bonds. The molecule has 2 aromatic heterocycles. The average molecular weight is 597 g/mol. The molecule has 0 radical (unpaired) electrons. The molecule has 7 heteroatoms. The van der Waals surface area contributed by atoms with Crippen LogP contribution in [-0.2, 0) is 35.5 Å². The topological polar surface area (TPSA) is 79.5 Å². The Hall–Kier alpha value is -5.30. The number of oxazole rings is 1. The van der Waals surface area contributed by atoms with Crippen LogP contribution < -0.4 is 0 Å². The Labute approximate surface area is 263 Å². The number of rotatable bonds is 9. The van der Waals surface area contributed by atoms with Crippen LogP contribution in [0.1, 0.15) is 39.6 Å². The van der Waals surface area contributed by atoms with Crippen LogP contribution >= 0.6 is 0 Å². The number of aryl methyl sites for hydroxylation is 2. The number of amides is 2. The largest absolute Gasteiger partial charge is 0.446 e. The van der Waals surface area contributed by atoms with E-state index in [2.05, 4.69) is 22.1 Å². The van der Waals surface area contributed by atoms with Crippen molar-refractivity contribution in [1.29, 1.82) is 0 Å². The summed E-state index contributed by atoms with van der Waals surface area (Å²) in [5.74, 6) is 0.841. The zero-order chi connectivity index (χ0) is 31.2. The minimum absolute atomic E-state index is 0.0614. The molecule has 1 aliphatic rings. The standard InChI is InChI=1S/C38H36N4O3/c1-27-34(40-28(2)45-27)19-20-37(43)42(25-30-15-17-32(18-16-30)35-14-8-9-22-39-35)36(24-29-10-4-3-5-11-29)38(44)41-23-21-31-12-6-7-13-33(31)26-41/h3-20,22,36H,21,23-26H2,1-2H3/b20-19+/t36-/m0/s1. The van der Waals surface area contributed by atoms with E-state index in [9.17, 15) is 9.59 Å². The molecule has 1 atom stereocenters. The lowest BCUT2D eigenvalue weighted by Gasteiger charge is -2.37. The van der Waals surface area contributed by atoms with Crippen molar-refractivity contribution in [1.82, 2.24) is 19.8 Å². The second kappa shape index (κ2) is 13.6. The predicted molar refractivity (Wildman–Crippen MR) is 175 cm³/mol. The molecular weight excluding hydrogens is 560 g/mol. The fraction of sp³-hybridized carbons (Fsp3) is 0.211. The lowest BCUT2D eigenvalue weighted by molar-refractivity contribution is -0.144. The summed E-state index contributed by atoms with van der Waals surface area (Å²) in [4.78, 5) is 41.1. The minimum Gasteiger partial charge on any atom is -0.446 e. The summed E-state index contributed by atoms with van der Waals surface area (Å²) in [6, 6.07) is 31.3. The molecule has 0 bridgehead atoms. The van der Waals surface area contributed by atoms with Crippen LogP contribution in [0.4, 0.5) is 0 Å². The molecule has 1 aliphatic heterocycles. The molecule has 0 aliphatic carbocycles. The van der Waals surface area contributed by atoms with Gasteiger partial charge in [0.2, 0.25) is 11.8 Å². The van der Waals surface area contributed by atoms with Gasteiger partial charge in [-0.1, -0.05) is 84.9 Å². The van der Waals surface area contributed by atoms with Gasteiger partial charge in [0.15, 0.2) is 5.89 Å². The van der Waals surface area contributed by atoms with E-state index < -0.39 is 6.04 Å². The Balaban J connectivity index is 1.35. The molecule has 45 heavy (non-hydrogen) atoms. The van der Waals surface area contributed by atoms with E-state index in [4.69, 9.17) is 4.42 Å². The van der Waals surface area contributed by atoms with Gasteiger partial charge in [-0.15, -0.1) is 0 Å². The van der Waals surface area contributed by atoms with E-state index >= 15 is 0 Å². The first-order valence-corrected chi connectivity index (χ1v) is 15.3. The molecule has 226 valence electrons. The monoisotopic (exact) mass is 596 g/mol. The van der Waals surface area contributed by atoms with Gasteiger partial charge in [-0.05, 0) is 53.8 Å². The van der Waals surface area contributed by atoms with Crippen LogP contribution in [0.2, 0.25) is 0 Å². The molecule has 3 heterocycles. The zero-order valence-corrected chi connectivity index (χ0v) is 25.6. The molecule has 7 nitrogen and oxygen atoms in total. The normalized spacial score (nSPS) is 13.4. The summed E-state index contributed by atoms with van der Waals surface area (Å²) in [6.07, 6.45) is 6.13. The van der Waals surface area contributed by atoms with E-state index in [1.54, 1.807) is 24.1 Å². The number of carbonyl (C=O) groups excluding carboxylic acids is 2. The summed E-state index contributed by atoms with van der Waals surface area (Å²) in [6.45, 7) is 4.99. The first kappa shape index (κ1) is 29.8. The molecule has 3 aromatic carbocycles. The Morgan fingerprint density at radius 3 is 2.33 bits per heavy atom. The number of benzene rings is 3. The first-order chi connectivity index (χ1) is 21.9. The van der Waals surface area contributed by atoms with Gasteiger partial charge in [0.1, 0.15) is 17.5 Å². The van der Waals surface area contributed by atoms with Gasteiger partial charge in [0.05, 0.1) is 5.69 Å². The van der Waals surface area contributed by atoms with E-state index in [0.717, 1.165) is 34.4 Å². The summed E-state index contributed by atoms with van der Waals surface area (Å²) >= 11 is 0. The third kappa shape index (κ3) is 7.10. The van der Waals surface area contributed by atoms with Crippen LogP contribution in [-0.4, -0.2) is 44.2 Å². The summed E-state index contributed by atoms with van der Waals surface area (Å²) in [5.41, 5.74) is 6.78. The SMILES string of the molecule is Cc1nc(/C=C/C(=O)N(Cc2ccc(-c3ccccn3)cc2)[C@@H](Cc2ccccc2)C(=O)N2CCc3ccccc3C2)c(C)o1. The van der Waals surface area contributed by atoms with E-state index in [1.807, 2.05) is 96.8 Å². The second-order valence-electron chi connectivity index (χ2n) is 11.4. The molecular formula is C38H36N4O3. The Bertz CT molecular complexity index is 1800. The van der Waals surface area contributed by atoms with Gasteiger partial charge in [0, 0.05) is 50.8 Å². The number of nitrogens with zero attached hydrogens (tertiary/aromatic N) is 4. The van der Waals surface area contributed by atoms with Gasteiger partial charge < -0.3 is 14.2 Å². The van der Waals surface area contributed by atoms with Crippen molar-refractivity contribution in [3.05, 3.63) is 149 Å². The second-order valence-corrected chi connectivity index (χ2v) is 11.4. The predicted octanol–water partition coefficient (Wildman–Crippen LogP) is 6.59. The van der Waals surface area contributed by atoms with Crippen LogP contribution in [0.25, 0.3) is 17.3 Å². The van der Waals surface area contributed by atoms with Crippen molar-refractivity contribution in [2.24, 2.45) is 0 Å². The summed E-state index contributed by atoms with van der Waals surface area (Å²) < 4.78 is 5.57. The summed E-state index contributed by atoms with van der Waals surface area (Å²) in [5, 5.41) is 0. The third-order valence-electron chi connectivity index (χ3n) is 8.25. The first-order valence-electron chi connectivity index (χ1n) is 15.3. The maximum Gasteiger partial charge on any atom is 0.247 e. The van der Waals surface area contributed by atoms with Crippen molar-refractivity contribution in [3.63, 3.8) is 0 Å². The number of pyridine rings is 1. The van der Waals surface area contributed by atoms with Crippen molar-refractivity contribution in [2.45, 2.75) is 45.8 Å². The highest BCUT2D eigenvalue weighted by molar-refractivity contribution is 5.95. The van der Waals surface area contributed by atoms with E-state index in [0.29, 0.717) is 36.9 Å². The van der Waals surface area contributed by atoms with Gasteiger partial charge in [-0.3, -0.25) is 14.6 Å². The van der Waals surface area contributed by atoms with Gasteiger partial charge in [0.25, 0.3) is 0 Å². The molecule has 0 spiro atoms. The third-order valence-corrected chi connectivity index (χ3v) is 8.25. The van der Waals surface area contributed by atoms with Crippen molar-refractivity contribution in [3.8, 4) is 11.3 Å². The number of hydrogen-bond donors (Lipinski definition) is 0. The minimum atomic E-state index is -0.717. The lowest BCUT2D eigenvalue weighted by atomic mass is 9.97. The maximum absolute atomic E-state index is 14.5. The van der Waals surface area contributed by atoms with Crippen LogP contribution in [0.3, 0.4) is 0 Å². The number of aromatic nitrogens is 2. The molecule has 0 saturated heterocycles. The molecule has 0 unspecified atom stereocenters. The quantitative estimate of drug-likeness (QED) is 0.179. The van der Waals surface area contributed by atoms with Crippen molar-refractivity contribution >= 4 is 17.9 Å². The van der Waals surface area contributed by atoms with E-state index in [1.165, 1.54) is 11.6 Å². The molecule has 0 saturated carbocycles. The highest BCUT2D eigenvalue weighted by Gasteiger charge is 2.34. The number of hydrogen-bond acceptors (Lipinski definition) is 5.